The molecule has 0 heterocycles. The van der Waals surface area contributed by atoms with Crippen LogP contribution < -0.4 is 16.0 Å². The monoisotopic (exact) mass is 389 g/mol. The van der Waals surface area contributed by atoms with Gasteiger partial charge in [0.15, 0.2) is 0 Å². The normalized spacial score (nSPS) is 19.3. The van der Waals surface area contributed by atoms with Crippen LogP contribution in [0.5, 0.6) is 0 Å². The van der Waals surface area contributed by atoms with Crippen molar-refractivity contribution in [2.45, 2.75) is 64.5 Å². The Morgan fingerprint density at radius 2 is 1.72 bits per heavy atom. The van der Waals surface area contributed by atoms with Crippen LogP contribution >= 0.6 is 24.8 Å². The largest absolute Gasteiger partial charge is 0.372 e. The van der Waals surface area contributed by atoms with Gasteiger partial charge in [0.2, 0.25) is 0 Å². The molecule has 0 spiro atoms. The summed E-state index contributed by atoms with van der Waals surface area (Å²) in [7, 11) is 0. The van der Waals surface area contributed by atoms with Crippen molar-refractivity contribution in [1.29, 1.82) is 0 Å². The van der Waals surface area contributed by atoms with Crippen LogP contribution in [0, 0.1) is 0 Å². The molecule has 3 N–H and O–H groups in total. The number of amides is 1. The van der Waals surface area contributed by atoms with Crippen molar-refractivity contribution in [2.24, 2.45) is 5.73 Å². The van der Waals surface area contributed by atoms with E-state index in [0.717, 1.165) is 44.3 Å². The molecule has 4 nitrogen and oxygen atoms in total. The van der Waals surface area contributed by atoms with Gasteiger partial charge in [-0.1, -0.05) is 13.3 Å². The summed E-state index contributed by atoms with van der Waals surface area (Å²) in [5.74, 6) is 0.0358. The molecule has 0 radical (unpaired) electrons. The molecule has 0 unspecified atom stereocenters. The Labute approximate surface area is 164 Å². The molecule has 2 rings (SSSR count). The number of nitrogens with one attached hydrogen (secondary N) is 1. The molecule has 1 saturated carbocycles. The van der Waals surface area contributed by atoms with Crippen LogP contribution in [-0.2, 0) is 0 Å². The van der Waals surface area contributed by atoms with Crippen molar-refractivity contribution in [3.8, 4) is 0 Å². The lowest BCUT2D eigenvalue weighted by Gasteiger charge is -2.27. The number of halogens is 2. The van der Waals surface area contributed by atoms with E-state index in [-0.39, 0.29) is 36.8 Å². The van der Waals surface area contributed by atoms with E-state index in [4.69, 9.17) is 5.73 Å². The predicted octanol–water partition coefficient (Wildman–Crippen LogP) is 4.16. The highest BCUT2D eigenvalue weighted by Gasteiger charge is 2.20. The Kier molecular flexibility index (Phi) is 11.9. The molecule has 1 aromatic rings. The molecule has 0 atom stereocenters. The fourth-order valence-corrected chi connectivity index (χ4v) is 3.17. The fourth-order valence-electron chi connectivity index (χ4n) is 3.17. The molecule has 0 saturated heterocycles. The maximum atomic E-state index is 12.4. The number of rotatable bonds is 7. The Bertz CT molecular complexity index is 488. The molecule has 144 valence electrons. The van der Waals surface area contributed by atoms with Crippen LogP contribution in [0.2, 0.25) is 0 Å². The second-order valence-electron chi connectivity index (χ2n) is 6.57. The van der Waals surface area contributed by atoms with Crippen LogP contribution in [-0.4, -0.2) is 31.1 Å². The number of nitrogens with zero attached hydrogens (tertiary/aromatic N) is 1. The third-order valence-corrected chi connectivity index (χ3v) is 4.77. The average molecular weight is 390 g/mol. The Hall–Kier alpha value is -0.970. The van der Waals surface area contributed by atoms with E-state index in [2.05, 4.69) is 36.2 Å². The molecule has 0 aliphatic heterocycles. The summed E-state index contributed by atoms with van der Waals surface area (Å²) in [5, 5.41) is 3.14. The van der Waals surface area contributed by atoms with Gasteiger partial charge in [0.25, 0.3) is 5.91 Å². The lowest BCUT2D eigenvalue weighted by atomic mass is 9.91. The van der Waals surface area contributed by atoms with E-state index in [0.29, 0.717) is 6.04 Å². The third kappa shape index (κ3) is 7.43. The van der Waals surface area contributed by atoms with Crippen molar-refractivity contribution in [1.82, 2.24) is 5.32 Å². The molecule has 0 bridgehead atoms. The summed E-state index contributed by atoms with van der Waals surface area (Å²) in [4.78, 5) is 14.7. The number of anilines is 1. The minimum atomic E-state index is 0. The first-order chi connectivity index (χ1) is 11.1. The van der Waals surface area contributed by atoms with Crippen molar-refractivity contribution < 1.29 is 4.79 Å². The number of hydrogen-bond donors (Lipinski definition) is 2. The number of carbonyl (C=O) groups excluding carboxylic acids is 1. The second kappa shape index (κ2) is 12.4. The lowest BCUT2D eigenvalue weighted by molar-refractivity contribution is 0.0926. The number of unbranched alkanes of at least 4 members (excludes halogenated alkanes) is 1. The molecule has 1 fully saturated rings. The highest BCUT2D eigenvalue weighted by molar-refractivity contribution is 5.94. The number of benzene rings is 1. The van der Waals surface area contributed by atoms with Crippen molar-refractivity contribution in [3.63, 3.8) is 0 Å². The zero-order chi connectivity index (χ0) is 16.7. The quantitative estimate of drug-likeness (QED) is 0.735. The van der Waals surface area contributed by atoms with Gasteiger partial charge < -0.3 is 16.0 Å². The summed E-state index contributed by atoms with van der Waals surface area (Å²) >= 11 is 0. The van der Waals surface area contributed by atoms with Crippen molar-refractivity contribution >= 4 is 36.4 Å². The summed E-state index contributed by atoms with van der Waals surface area (Å²) < 4.78 is 0. The van der Waals surface area contributed by atoms with Gasteiger partial charge in [-0.25, -0.2) is 0 Å². The standard InChI is InChI=1S/C19H31N3O.2ClH/c1-3-5-14-22(4-2)18-12-6-15(7-13-18)19(23)21-17-10-8-16(20)9-11-17;;/h6-7,12-13,16-17H,3-5,8-11,14,20H2,1-2H3,(H,21,23);2*1H. The van der Waals surface area contributed by atoms with E-state index in [9.17, 15) is 4.79 Å². The van der Waals surface area contributed by atoms with E-state index < -0.39 is 0 Å². The number of hydrogen-bond acceptors (Lipinski definition) is 3. The molecule has 0 aromatic heterocycles. The maximum Gasteiger partial charge on any atom is 0.251 e. The minimum Gasteiger partial charge on any atom is -0.372 e. The van der Waals surface area contributed by atoms with Crippen LogP contribution in [0.15, 0.2) is 24.3 Å². The predicted molar refractivity (Wildman–Crippen MR) is 111 cm³/mol. The number of nitrogens with two attached hydrogens (primary N) is 1. The van der Waals surface area contributed by atoms with Crippen LogP contribution in [0.4, 0.5) is 5.69 Å². The van der Waals surface area contributed by atoms with Gasteiger partial charge in [-0.3, -0.25) is 4.79 Å². The minimum absolute atomic E-state index is 0. The molecule has 1 aliphatic carbocycles. The SMILES string of the molecule is CCCCN(CC)c1ccc(C(=O)NC2CCC(N)CC2)cc1.Cl.Cl. The smallest absolute Gasteiger partial charge is 0.251 e. The molecule has 1 amide bonds. The molecule has 1 aromatic carbocycles. The fraction of sp³-hybridized carbons (Fsp3) is 0.632. The highest BCUT2D eigenvalue weighted by atomic mass is 35.5. The van der Waals surface area contributed by atoms with Crippen molar-refractivity contribution in [3.05, 3.63) is 29.8 Å². The third-order valence-electron chi connectivity index (χ3n) is 4.77. The second-order valence-corrected chi connectivity index (χ2v) is 6.57. The Morgan fingerprint density at radius 1 is 1.12 bits per heavy atom. The van der Waals surface area contributed by atoms with Gasteiger partial charge in [-0.2, -0.15) is 0 Å². The maximum absolute atomic E-state index is 12.4. The van der Waals surface area contributed by atoms with Crippen LogP contribution in [0.1, 0.15) is 62.7 Å². The van der Waals surface area contributed by atoms with E-state index in [1.807, 2.05) is 12.1 Å². The molecule has 6 heteroatoms. The summed E-state index contributed by atoms with van der Waals surface area (Å²) in [6, 6.07) is 8.58. The Morgan fingerprint density at radius 3 is 2.24 bits per heavy atom. The van der Waals surface area contributed by atoms with Crippen molar-refractivity contribution in [2.75, 3.05) is 18.0 Å². The zero-order valence-electron chi connectivity index (χ0n) is 15.4. The number of carbonyl (C=O) groups is 1. The molecule has 1 aliphatic rings. The van der Waals surface area contributed by atoms with Gasteiger partial charge in [0, 0.05) is 36.4 Å². The topological polar surface area (TPSA) is 58.4 Å². The van der Waals surface area contributed by atoms with Gasteiger partial charge in [0.05, 0.1) is 0 Å². The molecular formula is C19H33Cl2N3O. The van der Waals surface area contributed by atoms with Gasteiger partial charge >= 0.3 is 0 Å². The lowest BCUT2D eigenvalue weighted by Crippen LogP contribution is -2.40. The summed E-state index contributed by atoms with van der Waals surface area (Å²) in [6.45, 7) is 6.44. The first kappa shape index (κ1) is 24.0. The first-order valence-electron chi connectivity index (χ1n) is 9.05. The zero-order valence-corrected chi connectivity index (χ0v) is 17.0. The van der Waals surface area contributed by atoms with Gasteiger partial charge in [-0.15, -0.1) is 24.8 Å². The Balaban J connectivity index is 0.00000288. The van der Waals surface area contributed by atoms with E-state index in [1.54, 1.807) is 0 Å². The van der Waals surface area contributed by atoms with E-state index in [1.165, 1.54) is 18.5 Å². The summed E-state index contributed by atoms with van der Waals surface area (Å²) in [6.07, 6.45) is 6.39. The molecular weight excluding hydrogens is 357 g/mol. The first-order valence-corrected chi connectivity index (χ1v) is 9.05. The highest BCUT2D eigenvalue weighted by Crippen LogP contribution is 2.19. The van der Waals surface area contributed by atoms with Crippen LogP contribution in [0.25, 0.3) is 0 Å². The van der Waals surface area contributed by atoms with E-state index >= 15 is 0 Å². The average Bonchev–Trinajstić information content (AvgIpc) is 2.58. The summed E-state index contributed by atoms with van der Waals surface area (Å²) in [5.41, 5.74) is 7.86. The van der Waals surface area contributed by atoms with Gasteiger partial charge in [-0.05, 0) is 63.3 Å². The van der Waals surface area contributed by atoms with Crippen LogP contribution in [0.3, 0.4) is 0 Å². The van der Waals surface area contributed by atoms with Gasteiger partial charge in [0.1, 0.15) is 0 Å². The molecule has 25 heavy (non-hydrogen) atoms.